The highest BCUT2D eigenvalue weighted by Gasteiger charge is 2.36. The third-order valence-electron chi connectivity index (χ3n) is 4.92. The Morgan fingerprint density at radius 2 is 1.64 bits per heavy atom. The lowest BCUT2D eigenvalue weighted by molar-refractivity contribution is -0.143. The maximum atomic E-state index is 13.9. The van der Waals surface area contributed by atoms with E-state index in [1.54, 1.807) is 25.7 Å². The predicted octanol–water partition coefficient (Wildman–Crippen LogP) is 4.74. The van der Waals surface area contributed by atoms with E-state index < -0.39 is 23.8 Å². The highest BCUT2D eigenvalue weighted by molar-refractivity contribution is 5.92. The molecule has 0 heterocycles. The van der Waals surface area contributed by atoms with Crippen LogP contribution in [0.25, 0.3) is 0 Å². The van der Waals surface area contributed by atoms with Crippen LogP contribution in [0.1, 0.15) is 85.4 Å². The average Bonchev–Trinajstić information content (AvgIpc) is 2.65. The highest BCUT2D eigenvalue weighted by atomic mass is 16.6. The van der Waals surface area contributed by atoms with Gasteiger partial charge in [0, 0.05) is 12.6 Å². The Kier molecular flexibility index (Phi) is 10.9. The molecule has 0 bridgehead atoms. The Hall–Kier alpha value is -2.57. The molecule has 0 aliphatic carbocycles. The van der Waals surface area contributed by atoms with Crippen molar-refractivity contribution >= 4 is 17.9 Å². The number of ether oxygens (including phenoxy) is 1. The van der Waals surface area contributed by atoms with Crippen LogP contribution in [0.3, 0.4) is 0 Å². The molecule has 0 saturated carbocycles. The summed E-state index contributed by atoms with van der Waals surface area (Å²) in [6.07, 6.45) is 0.464. The molecule has 0 fully saturated rings. The topological polar surface area (TPSA) is 87.7 Å². The lowest BCUT2D eigenvalue weighted by Gasteiger charge is -2.35. The van der Waals surface area contributed by atoms with Crippen LogP contribution in [0, 0.1) is 12.8 Å². The van der Waals surface area contributed by atoms with Crippen molar-refractivity contribution in [1.29, 1.82) is 0 Å². The van der Waals surface area contributed by atoms with Crippen LogP contribution in [0.4, 0.5) is 4.79 Å². The maximum Gasteiger partial charge on any atom is 0.408 e. The summed E-state index contributed by atoms with van der Waals surface area (Å²) >= 11 is 0. The number of alkyl carbamates (subject to hydrolysis) is 1. The number of nitrogens with one attached hydrogen (secondary N) is 2. The quantitative estimate of drug-likeness (QED) is 0.527. The fraction of sp³-hybridized carbons (Fsp3) is 0.654. The average molecular weight is 462 g/mol. The Balaban J connectivity index is 3.42. The Bertz CT molecular complexity index is 799. The maximum absolute atomic E-state index is 13.9. The van der Waals surface area contributed by atoms with Crippen LogP contribution in [-0.2, 0) is 14.3 Å². The second kappa shape index (κ2) is 12.6. The van der Waals surface area contributed by atoms with Crippen LogP contribution >= 0.6 is 0 Å². The van der Waals surface area contributed by atoms with Crippen LogP contribution in [0.15, 0.2) is 24.3 Å². The lowest BCUT2D eigenvalue weighted by atomic mass is 9.96. The van der Waals surface area contributed by atoms with Gasteiger partial charge in [0.05, 0.1) is 0 Å². The number of carbonyl (C=O) groups excluding carboxylic acids is 3. The van der Waals surface area contributed by atoms with Crippen molar-refractivity contribution in [3.63, 3.8) is 0 Å². The largest absolute Gasteiger partial charge is 0.444 e. The molecule has 1 rings (SSSR count). The standard InChI is InChI=1S/C26H43N3O4/c1-10-15-29(22(23(30)27-18(4)5)20-14-12-11-13-19(20)6)24(31)21(16-17(2)3)28-25(32)33-26(7,8)9/h11-14,17-18,21-22H,10,15-16H2,1-9H3,(H,27,30)(H,28,32). The molecule has 0 aromatic heterocycles. The number of rotatable bonds is 10. The summed E-state index contributed by atoms with van der Waals surface area (Å²) in [6.45, 7) is 17.4. The van der Waals surface area contributed by atoms with Gasteiger partial charge in [0.2, 0.25) is 11.8 Å². The summed E-state index contributed by atoms with van der Waals surface area (Å²) < 4.78 is 5.40. The first-order valence-corrected chi connectivity index (χ1v) is 11.9. The van der Waals surface area contributed by atoms with E-state index in [-0.39, 0.29) is 23.8 Å². The molecule has 7 heteroatoms. The minimum Gasteiger partial charge on any atom is -0.444 e. The normalized spacial score (nSPS) is 13.4. The first-order valence-electron chi connectivity index (χ1n) is 11.9. The number of hydrogen-bond donors (Lipinski definition) is 2. The van der Waals surface area contributed by atoms with Gasteiger partial charge in [0.1, 0.15) is 17.7 Å². The predicted molar refractivity (Wildman–Crippen MR) is 132 cm³/mol. The SMILES string of the molecule is CCCN(C(=O)C(CC(C)C)NC(=O)OC(C)(C)C)C(C(=O)NC(C)C)c1ccccc1C. The molecule has 2 unspecified atom stereocenters. The molecule has 7 nitrogen and oxygen atoms in total. The summed E-state index contributed by atoms with van der Waals surface area (Å²) in [7, 11) is 0. The number of aryl methyl sites for hydroxylation is 1. The van der Waals surface area contributed by atoms with Crippen LogP contribution in [0.2, 0.25) is 0 Å². The van der Waals surface area contributed by atoms with Crippen LogP contribution < -0.4 is 10.6 Å². The van der Waals surface area contributed by atoms with Crippen molar-refractivity contribution in [3.8, 4) is 0 Å². The molecule has 2 N–H and O–H groups in total. The van der Waals surface area contributed by atoms with Crippen molar-refractivity contribution < 1.29 is 19.1 Å². The molecule has 0 spiro atoms. The molecule has 0 aliphatic rings. The van der Waals surface area contributed by atoms with Gasteiger partial charge in [-0.15, -0.1) is 0 Å². The van der Waals surface area contributed by atoms with Crippen LogP contribution in [0.5, 0.6) is 0 Å². The molecular weight excluding hydrogens is 418 g/mol. The molecule has 1 aromatic carbocycles. The van der Waals surface area contributed by atoms with E-state index in [0.717, 1.165) is 11.1 Å². The first-order chi connectivity index (χ1) is 15.3. The first kappa shape index (κ1) is 28.5. The molecule has 3 amide bonds. The van der Waals surface area contributed by atoms with Crippen molar-refractivity contribution in [2.45, 2.75) is 98.9 Å². The molecule has 0 radical (unpaired) electrons. The second-order valence-electron chi connectivity index (χ2n) is 10.3. The van der Waals surface area contributed by atoms with E-state index in [1.807, 2.05) is 65.8 Å². The van der Waals surface area contributed by atoms with Gasteiger partial charge >= 0.3 is 6.09 Å². The molecule has 2 atom stereocenters. The van der Waals surface area contributed by atoms with Gasteiger partial charge < -0.3 is 20.3 Å². The number of hydrogen-bond acceptors (Lipinski definition) is 4. The minimum atomic E-state index is -0.801. The third-order valence-corrected chi connectivity index (χ3v) is 4.92. The van der Waals surface area contributed by atoms with E-state index in [9.17, 15) is 14.4 Å². The minimum absolute atomic E-state index is 0.0750. The van der Waals surface area contributed by atoms with E-state index in [2.05, 4.69) is 10.6 Å². The molecule has 1 aromatic rings. The molecule has 0 saturated heterocycles. The zero-order chi connectivity index (χ0) is 25.3. The zero-order valence-corrected chi connectivity index (χ0v) is 21.8. The fourth-order valence-electron chi connectivity index (χ4n) is 3.66. The Morgan fingerprint density at radius 1 is 1.03 bits per heavy atom. The van der Waals surface area contributed by atoms with E-state index in [0.29, 0.717) is 19.4 Å². The van der Waals surface area contributed by atoms with Crippen LogP contribution in [-0.4, -0.2) is 47.0 Å². The number of benzene rings is 1. The Labute approximate surface area is 199 Å². The summed E-state index contributed by atoms with van der Waals surface area (Å²) in [5, 5.41) is 5.73. The van der Waals surface area contributed by atoms with Crippen molar-refractivity contribution in [2.24, 2.45) is 5.92 Å². The van der Waals surface area contributed by atoms with E-state index in [1.165, 1.54) is 0 Å². The summed E-state index contributed by atoms with van der Waals surface area (Å²) in [4.78, 5) is 41.4. The second-order valence-corrected chi connectivity index (χ2v) is 10.3. The van der Waals surface area contributed by atoms with E-state index in [4.69, 9.17) is 4.74 Å². The van der Waals surface area contributed by atoms with Gasteiger partial charge in [-0.05, 0) is 71.4 Å². The lowest BCUT2D eigenvalue weighted by Crippen LogP contribution is -2.54. The number of amides is 3. The smallest absolute Gasteiger partial charge is 0.408 e. The molecule has 33 heavy (non-hydrogen) atoms. The van der Waals surface area contributed by atoms with Gasteiger partial charge in [-0.3, -0.25) is 9.59 Å². The van der Waals surface area contributed by atoms with Gasteiger partial charge in [-0.1, -0.05) is 45.0 Å². The number of carbonyl (C=O) groups is 3. The van der Waals surface area contributed by atoms with Crippen molar-refractivity contribution in [3.05, 3.63) is 35.4 Å². The van der Waals surface area contributed by atoms with Gasteiger partial charge in [0.15, 0.2) is 0 Å². The molecule has 0 aliphatic heterocycles. The fourth-order valence-corrected chi connectivity index (χ4v) is 3.66. The van der Waals surface area contributed by atoms with Crippen molar-refractivity contribution in [1.82, 2.24) is 15.5 Å². The monoisotopic (exact) mass is 461 g/mol. The number of nitrogens with zero attached hydrogens (tertiary/aromatic N) is 1. The highest BCUT2D eigenvalue weighted by Crippen LogP contribution is 2.27. The summed E-state index contributed by atoms with van der Waals surface area (Å²) in [6, 6.07) is 5.93. The zero-order valence-electron chi connectivity index (χ0n) is 21.8. The van der Waals surface area contributed by atoms with E-state index >= 15 is 0 Å². The van der Waals surface area contributed by atoms with Crippen molar-refractivity contribution in [2.75, 3.05) is 6.54 Å². The Morgan fingerprint density at radius 3 is 2.12 bits per heavy atom. The summed E-state index contributed by atoms with van der Waals surface area (Å²) in [5.74, 6) is -0.371. The third kappa shape index (κ3) is 9.44. The molecule has 186 valence electrons. The summed E-state index contributed by atoms with van der Waals surface area (Å²) in [5.41, 5.74) is 1.02. The van der Waals surface area contributed by atoms with Gasteiger partial charge in [-0.2, -0.15) is 0 Å². The van der Waals surface area contributed by atoms with Gasteiger partial charge in [-0.25, -0.2) is 4.79 Å². The van der Waals surface area contributed by atoms with Gasteiger partial charge in [0.25, 0.3) is 0 Å². The molecular formula is C26H43N3O4.